The first-order chi connectivity index (χ1) is 12.0. The number of anilines is 1. The molecule has 134 valence electrons. The number of hydrogen-bond donors (Lipinski definition) is 2. The van der Waals surface area contributed by atoms with E-state index >= 15 is 0 Å². The Balaban J connectivity index is 2.04. The summed E-state index contributed by atoms with van der Waals surface area (Å²) in [4.78, 5) is 22.8. The predicted molar refractivity (Wildman–Crippen MR) is 98.0 cm³/mol. The van der Waals surface area contributed by atoms with Gasteiger partial charge in [-0.25, -0.2) is 9.97 Å². The van der Waals surface area contributed by atoms with Crippen LogP contribution in [0.15, 0.2) is 30.3 Å². The quantitative estimate of drug-likeness (QED) is 0.759. The Morgan fingerprint density at radius 3 is 2.72 bits per heavy atom. The zero-order chi connectivity index (χ0) is 18.2. The molecule has 25 heavy (non-hydrogen) atoms. The number of likely N-dealkylation sites (N-methyl/N-ethyl adjacent to an activating group) is 1. The Morgan fingerprint density at radius 1 is 1.24 bits per heavy atom. The predicted octanol–water partition coefficient (Wildman–Crippen LogP) is 1.70. The zero-order valence-corrected chi connectivity index (χ0v) is 15.2. The summed E-state index contributed by atoms with van der Waals surface area (Å²) in [7, 11) is 5.56. The summed E-state index contributed by atoms with van der Waals surface area (Å²) in [5.74, 6) is 1.76. The van der Waals surface area contributed by atoms with Crippen molar-refractivity contribution in [1.82, 2.24) is 20.2 Å². The minimum atomic E-state index is -0.201. The number of carbonyl (C=O) groups is 1. The largest absolute Gasteiger partial charge is 0.496 e. The Labute approximate surface area is 148 Å². The van der Waals surface area contributed by atoms with E-state index in [1.54, 1.807) is 20.1 Å². The summed E-state index contributed by atoms with van der Waals surface area (Å²) in [6.45, 7) is 3.65. The minimum Gasteiger partial charge on any atom is -0.496 e. The molecule has 7 heteroatoms. The molecule has 1 heterocycles. The molecular weight excluding hydrogens is 318 g/mol. The van der Waals surface area contributed by atoms with Gasteiger partial charge >= 0.3 is 0 Å². The normalized spacial score (nSPS) is 10.6. The minimum absolute atomic E-state index is 0.201. The molecular formula is C18H25N5O2. The van der Waals surface area contributed by atoms with E-state index in [-0.39, 0.29) is 5.91 Å². The highest BCUT2D eigenvalue weighted by molar-refractivity contribution is 5.92. The highest BCUT2D eigenvalue weighted by Gasteiger charge is 2.11. The number of aromatic nitrogens is 2. The second-order valence-electron chi connectivity index (χ2n) is 5.91. The van der Waals surface area contributed by atoms with E-state index in [0.717, 1.165) is 17.9 Å². The van der Waals surface area contributed by atoms with Crippen molar-refractivity contribution < 1.29 is 9.53 Å². The molecule has 0 aliphatic rings. The summed E-state index contributed by atoms with van der Waals surface area (Å²) < 4.78 is 5.34. The van der Waals surface area contributed by atoms with Crippen LogP contribution in [0, 0.1) is 6.92 Å². The molecule has 2 N–H and O–H groups in total. The van der Waals surface area contributed by atoms with E-state index in [1.807, 2.05) is 43.3 Å². The van der Waals surface area contributed by atoms with Gasteiger partial charge in [-0.2, -0.15) is 0 Å². The number of rotatable bonds is 8. The molecule has 2 rings (SSSR count). The topological polar surface area (TPSA) is 79.4 Å². The molecule has 2 aromatic rings. The van der Waals surface area contributed by atoms with Crippen molar-refractivity contribution in [2.75, 3.05) is 39.6 Å². The van der Waals surface area contributed by atoms with Crippen LogP contribution in [-0.2, 0) is 6.54 Å². The second kappa shape index (κ2) is 8.98. The van der Waals surface area contributed by atoms with Crippen LogP contribution >= 0.6 is 0 Å². The maximum atomic E-state index is 12.2. The number of hydrogen-bond acceptors (Lipinski definition) is 6. The van der Waals surface area contributed by atoms with Gasteiger partial charge < -0.3 is 20.3 Å². The van der Waals surface area contributed by atoms with Gasteiger partial charge in [0.05, 0.1) is 7.11 Å². The van der Waals surface area contributed by atoms with Gasteiger partial charge in [0.2, 0.25) is 0 Å². The number of methoxy groups -OCH3 is 1. The highest BCUT2D eigenvalue weighted by Crippen LogP contribution is 2.18. The van der Waals surface area contributed by atoms with Crippen LogP contribution in [0.3, 0.4) is 0 Å². The Morgan fingerprint density at radius 2 is 2.00 bits per heavy atom. The van der Waals surface area contributed by atoms with Gasteiger partial charge in [-0.3, -0.25) is 4.79 Å². The summed E-state index contributed by atoms with van der Waals surface area (Å²) in [5.41, 5.74) is 1.37. The van der Waals surface area contributed by atoms with Crippen LogP contribution in [0.1, 0.15) is 21.9 Å². The van der Waals surface area contributed by atoms with Crippen molar-refractivity contribution in [3.8, 4) is 5.75 Å². The van der Waals surface area contributed by atoms with E-state index in [0.29, 0.717) is 30.4 Å². The maximum absolute atomic E-state index is 12.2. The lowest BCUT2D eigenvalue weighted by Gasteiger charge is -2.12. The van der Waals surface area contributed by atoms with E-state index < -0.39 is 0 Å². The average Bonchev–Trinajstić information content (AvgIpc) is 2.59. The Bertz CT molecular complexity index is 718. The fraction of sp³-hybridized carbons (Fsp3) is 0.389. The van der Waals surface area contributed by atoms with Gasteiger partial charge in [0.15, 0.2) is 0 Å². The molecule has 0 saturated heterocycles. The van der Waals surface area contributed by atoms with Crippen LogP contribution in [-0.4, -0.2) is 55.1 Å². The van der Waals surface area contributed by atoms with E-state index in [4.69, 9.17) is 4.74 Å². The molecule has 0 aliphatic heterocycles. The second-order valence-corrected chi connectivity index (χ2v) is 5.91. The number of ether oxygens (including phenoxy) is 1. The van der Waals surface area contributed by atoms with Crippen LogP contribution in [0.25, 0.3) is 0 Å². The molecule has 1 amide bonds. The van der Waals surface area contributed by atoms with Crippen molar-refractivity contribution in [2.24, 2.45) is 0 Å². The van der Waals surface area contributed by atoms with Crippen LogP contribution in [0.2, 0.25) is 0 Å². The van der Waals surface area contributed by atoms with Crippen LogP contribution in [0.4, 0.5) is 5.82 Å². The number of carbonyl (C=O) groups excluding carboxylic acids is 1. The van der Waals surface area contributed by atoms with Crippen molar-refractivity contribution in [3.05, 3.63) is 47.4 Å². The number of amides is 1. The van der Waals surface area contributed by atoms with E-state index in [9.17, 15) is 4.79 Å². The monoisotopic (exact) mass is 343 g/mol. The summed E-state index contributed by atoms with van der Waals surface area (Å²) in [6.07, 6.45) is 0. The molecule has 0 bridgehead atoms. The SMILES string of the molecule is COc1ccccc1CNc1cc(C(=O)NCCN(C)C)nc(C)n1. The van der Waals surface area contributed by atoms with Crippen molar-refractivity contribution in [2.45, 2.75) is 13.5 Å². The highest BCUT2D eigenvalue weighted by atomic mass is 16.5. The molecule has 0 spiro atoms. The van der Waals surface area contributed by atoms with Crippen LogP contribution < -0.4 is 15.4 Å². The van der Waals surface area contributed by atoms with Gasteiger partial charge in [-0.05, 0) is 27.1 Å². The van der Waals surface area contributed by atoms with Gasteiger partial charge in [-0.1, -0.05) is 18.2 Å². The first-order valence-electron chi connectivity index (χ1n) is 8.14. The van der Waals surface area contributed by atoms with Gasteiger partial charge in [0, 0.05) is 31.3 Å². The van der Waals surface area contributed by atoms with Gasteiger partial charge in [0.1, 0.15) is 23.1 Å². The lowest BCUT2D eigenvalue weighted by atomic mass is 10.2. The smallest absolute Gasteiger partial charge is 0.270 e. The van der Waals surface area contributed by atoms with Crippen molar-refractivity contribution in [3.63, 3.8) is 0 Å². The van der Waals surface area contributed by atoms with E-state index in [2.05, 4.69) is 20.6 Å². The number of para-hydroxylation sites is 1. The number of nitrogens with zero attached hydrogens (tertiary/aromatic N) is 3. The third-order valence-corrected chi connectivity index (χ3v) is 3.57. The summed E-state index contributed by atoms with van der Waals surface area (Å²) >= 11 is 0. The summed E-state index contributed by atoms with van der Waals surface area (Å²) in [5, 5.41) is 6.08. The van der Waals surface area contributed by atoms with Crippen molar-refractivity contribution >= 4 is 11.7 Å². The maximum Gasteiger partial charge on any atom is 0.270 e. The summed E-state index contributed by atoms with van der Waals surface area (Å²) in [6, 6.07) is 9.43. The molecule has 0 radical (unpaired) electrons. The third kappa shape index (κ3) is 5.72. The fourth-order valence-corrected chi connectivity index (χ4v) is 2.29. The number of nitrogens with one attached hydrogen (secondary N) is 2. The molecule has 7 nitrogen and oxygen atoms in total. The van der Waals surface area contributed by atoms with Gasteiger partial charge in [0.25, 0.3) is 5.91 Å². The Hall–Kier alpha value is -2.67. The molecule has 0 unspecified atom stereocenters. The fourth-order valence-electron chi connectivity index (χ4n) is 2.29. The molecule has 1 aromatic heterocycles. The zero-order valence-electron chi connectivity index (χ0n) is 15.2. The third-order valence-electron chi connectivity index (χ3n) is 3.57. The first-order valence-corrected chi connectivity index (χ1v) is 8.14. The Kier molecular flexibility index (Phi) is 6.71. The standard InChI is InChI=1S/C18H25N5O2/c1-13-21-15(18(24)19-9-10-23(2)3)11-17(22-13)20-12-14-7-5-6-8-16(14)25-4/h5-8,11H,9-10,12H2,1-4H3,(H,19,24)(H,20,21,22). The molecule has 1 aromatic carbocycles. The molecule has 0 fully saturated rings. The first kappa shape index (κ1) is 18.7. The van der Waals surface area contributed by atoms with Crippen LogP contribution in [0.5, 0.6) is 5.75 Å². The van der Waals surface area contributed by atoms with Gasteiger partial charge in [-0.15, -0.1) is 0 Å². The lowest BCUT2D eigenvalue weighted by molar-refractivity contribution is 0.0945. The number of aryl methyl sites for hydroxylation is 1. The number of benzene rings is 1. The van der Waals surface area contributed by atoms with Crippen molar-refractivity contribution in [1.29, 1.82) is 0 Å². The lowest BCUT2D eigenvalue weighted by Crippen LogP contribution is -2.32. The average molecular weight is 343 g/mol. The molecule has 0 atom stereocenters. The molecule has 0 aliphatic carbocycles. The molecule has 0 saturated carbocycles. The van der Waals surface area contributed by atoms with E-state index in [1.165, 1.54) is 0 Å².